The van der Waals surface area contributed by atoms with Gasteiger partial charge in [-0.2, -0.15) is 0 Å². The summed E-state index contributed by atoms with van der Waals surface area (Å²) in [6, 6.07) is 5.66. The number of hydrogen-bond acceptors (Lipinski definition) is 6. The van der Waals surface area contributed by atoms with Crippen LogP contribution in [0.5, 0.6) is 0 Å². The van der Waals surface area contributed by atoms with Crippen LogP contribution in [0, 0.1) is 10.1 Å². The summed E-state index contributed by atoms with van der Waals surface area (Å²) in [7, 11) is 0. The Morgan fingerprint density at radius 1 is 1.22 bits per heavy atom. The Kier molecular flexibility index (Phi) is 4.38. The first kappa shape index (κ1) is 13.2. The monoisotopic (exact) mass is 250 g/mol. The molecule has 18 heavy (non-hydrogen) atoms. The average molecular weight is 250 g/mol. The number of carboxylic acid groups (broad SMARTS) is 1. The van der Waals surface area contributed by atoms with E-state index in [-0.39, 0.29) is 11.4 Å². The number of hydrogen-bond donors (Lipinski definition) is 2. The molecule has 0 radical (unpaired) electrons. The number of hydrazine groups is 1. The van der Waals surface area contributed by atoms with Gasteiger partial charge in [0.2, 0.25) is 0 Å². The van der Waals surface area contributed by atoms with Crippen LogP contribution in [0.4, 0.5) is 11.4 Å². The largest absolute Gasteiger partial charge is 0.545 e. The summed E-state index contributed by atoms with van der Waals surface area (Å²) in [5, 5.41) is 20.7. The van der Waals surface area contributed by atoms with Gasteiger partial charge in [-0.1, -0.05) is 12.1 Å². The Morgan fingerprint density at radius 3 is 2.50 bits per heavy atom. The van der Waals surface area contributed by atoms with Crippen molar-refractivity contribution in [3.63, 3.8) is 0 Å². The van der Waals surface area contributed by atoms with Gasteiger partial charge in [0, 0.05) is 12.1 Å². The lowest BCUT2D eigenvalue weighted by Crippen LogP contribution is -2.28. The van der Waals surface area contributed by atoms with E-state index < -0.39 is 16.8 Å². The van der Waals surface area contributed by atoms with Crippen LogP contribution in [0.1, 0.15) is 0 Å². The van der Waals surface area contributed by atoms with Crippen LogP contribution in [0.15, 0.2) is 36.4 Å². The summed E-state index contributed by atoms with van der Waals surface area (Å²) < 4.78 is 0. The summed E-state index contributed by atoms with van der Waals surface area (Å²) in [6.07, 6.45) is 1.26. The Hall–Kier alpha value is -2.90. The van der Waals surface area contributed by atoms with Crippen molar-refractivity contribution in [3.05, 3.63) is 46.5 Å². The van der Waals surface area contributed by atoms with Crippen LogP contribution in [0.25, 0.3) is 0 Å². The zero-order valence-electron chi connectivity index (χ0n) is 8.95. The number of benzene rings is 1. The van der Waals surface area contributed by atoms with Gasteiger partial charge in [0.15, 0.2) is 0 Å². The van der Waals surface area contributed by atoms with Crippen molar-refractivity contribution in [3.8, 4) is 0 Å². The molecule has 0 aromatic heterocycles. The molecular weight excluding hydrogens is 242 g/mol. The van der Waals surface area contributed by atoms with Crippen molar-refractivity contribution < 1.29 is 19.6 Å². The number of carboxylic acids is 1. The Balaban J connectivity index is 2.67. The Labute approximate surface area is 101 Å². The first-order valence-corrected chi connectivity index (χ1v) is 4.69. The number of aliphatic carboxylic acids is 1. The van der Waals surface area contributed by atoms with Gasteiger partial charge < -0.3 is 9.90 Å². The van der Waals surface area contributed by atoms with Crippen molar-refractivity contribution >= 4 is 23.3 Å². The van der Waals surface area contributed by atoms with E-state index in [1.807, 2.05) is 0 Å². The van der Waals surface area contributed by atoms with E-state index in [4.69, 9.17) is 0 Å². The number of rotatable bonds is 5. The van der Waals surface area contributed by atoms with Crippen molar-refractivity contribution in [1.29, 1.82) is 0 Å². The highest BCUT2D eigenvalue weighted by atomic mass is 16.6. The molecule has 2 N–H and O–H groups in total. The van der Waals surface area contributed by atoms with E-state index in [2.05, 4.69) is 10.9 Å². The molecule has 0 aliphatic rings. The molecular formula is C10H8N3O5-. The smallest absolute Gasteiger partial charge is 0.294 e. The quantitative estimate of drug-likeness (QED) is 0.406. The molecule has 0 spiro atoms. The topological polar surface area (TPSA) is 124 Å². The molecule has 0 heterocycles. The van der Waals surface area contributed by atoms with Gasteiger partial charge in [0.05, 0.1) is 10.9 Å². The summed E-state index contributed by atoms with van der Waals surface area (Å²) in [5.41, 5.74) is 4.25. The van der Waals surface area contributed by atoms with Gasteiger partial charge in [-0.3, -0.25) is 25.8 Å². The molecule has 0 saturated carbocycles. The molecule has 0 fully saturated rings. The molecule has 1 aromatic carbocycles. The van der Waals surface area contributed by atoms with E-state index in [0.29, 0.717) is 6.08 Å². The molecule has 1 aromatic rings. The zero-order valence-corrected chi connectivity index (χ0v) is 8.95. The summed E-state index contributed by atoms with van der Waals surface area (Å²) in [5.74, 6) is -2.30. The maximum Gasteiger partial charge on any atom is 0.294 e. The number of nitrogens with zero attached hydrogens (tertiary/aromatic N) is 1. The maximum absolute atomic E-state index is 11.1. The number of carbonyl (C=O) groups excluding carboxylic acids is 2. The second-order valence-electron chi connectivity index (χ2n) is 3.04. The Morgan fingerprint density at radius 2 is 1.89 bits per heavy atom. The maximum atomic E-state index is 11.1. The fraction of sp³-hybridized carbons (Fsp3) is 0. The van der Waals surface area contributed by atoms with E-state index >= 15 is 0 Å². The van der Waals surface area contributed by atoms with Gasteiger partial charge in [-0.05, 0) is 12.1 Å². The van der Waals surface area contributed by atoms with Gasteiger partial charge in [0.25, 0.3) is 11.6 Å². The third-order valence-electron chi connectivity index (χ3n) is 1.79. The first-order valence-electron chi connectivity index (χ1n) is 4.69. The SMILES string of the molecule is O=C([O-])/C=C/C(=O)NNc1ccccc1[N+](=O)[O-]. The van der Waals surface area contributed by atoms with Crippen LogP contribution >= 0.6 is 0 Å². The van der Waals surface area contributed by atoms with Crippen LogP contribution in [-0.4, -0.2) is 16.8 Å². The lowest BCUT2D eigenvalue weighted by Gasteiger charge is -2.06. The van der Waals surface area contributed by atoms with Crippen LogP contribution in [-0.2, 0) is 9.59 Å². The van der Waals surface area contributed by atoms with Crippen LogP contribution in [0.3, 0.4) is 0 Å². The predicted octanol–water partition coefficient (Wildman–Crippen LogP) is -0.656. The molecule has 0 aliphatic carbocycles. The molecule has 1 rings (SSSR count). The minimum Gasteiger partial charge on any atom is -0.545 e. The molecule has 0 aliphatic heterocycles. The number of carbonyl (C=O) groups is 2. The fourth-order valence-electron chi connectivity index (χ4n) is 1.05. The zero-order chi connectivity index (χ0) is 13.5. The molecule has 0 atom stereocenters. The molecule has 1 amide bonds. The third kappa shape index (κ3) is 3.93. The average Bonchev–Trinajstić information content (AvgIpc) is 2.34. The highest BCUT2D eigenvalue weighted by molar-refractivity contribution is 5.93. The standard InChI is InChI=1S/C10H9N3O5/c14-9(5-6-10(15)16)12-11-7-3-1-2-4-8(7)13(17)18/h1-6,11H,(H,12,14)(H,15,16)/p-1/b6-5+. The number of nitrogens with one attached hydrogen (secondary N) is 2. The second kappa shape index (κ2) is 5.99. The van der Waals surface area contributed by atoms with Crippen LogP contribution in [0.2, 0.25) is 0 Å². The number of anilines is 1. The van der Waals surface area contributed by atoms with E-state index in [1.165, 1.54) is 18.2 Å². The van der Waals surface area contributed by atoms with Crippen molar-refractivity contribution in [2.45, 2.75) is 0 Å². The minimum absolute atomic E-state index is 0.0812. The normalized spacial score (nSPS) is 10.0. The molecule has 0 bridgehead atoms. The molecule has 8 heteroatoms. The van der Waals surface area contributed by atoms with Crippen LogP contribution < -0.4 is 16.0 Å². The van der Waals surface area contributed by atoms with Gasteiger partial charge in [-0.25, -0.2) is 0 Å². The minimum atomic E-state index is -1.52. The van der Waals surface area contributed by atoms with Crippen molar-refractivity contribution in [1.82, 2.24) is 5.43 Å². The van der Waals surface area contributed by atoms with Crippen molar-refractivity contribution in [2.75, 3.05) is 5.43 Å². The number of amides is 1. The predicted molar refractivity (Wildman–Crippen MR) is 59.0 cm³/mol. The molecule has 94 valence electrons. The molecule has 8 nitrogen and oxygen atoms in total. The summed E-state index contributed by atoms with van der Waals surface area (Å²) >= 11 is 0. The number of nitro groups is 1. The number of para-hydroxylation sites is 2. The fourth-order valence-corrected chi connectivity index (χ4v) is 1.05. The van der Waals surface area contributed by atoms with E-state index in [9.17, 15) is 24.8 Å². The third-order valence-corrected chi connectivity index (χ3v) is 1.79. The lowest BCUT2D eigenvalue weighted by atomic mass is 10.3. The number of nitro benzene ring substituents is 1. The molecule has 0 unspecified atom stereocenters. The van der Waals surface area contributed by atoms with E-state index in [0.717, 1.165) is 6.08 Å². The Bertz CT molecular complexity index is 512. The van der Waals surface area contributed by atoms with Gasteiger partial charge >= 0.3 is 0 Å². The second-order valence-corrected chi connectivity index (χ2v) is 3.04. The first-order chi connectivity index (χ1) is 8.50. The van der Waals surface area contributed by atoms with Gasteiger partial charge in [-0.15, -0.1) is 0 Å². The highest BCUT2D eigenvalue weighted by Gasteiger charge is 2.11. The summed E-state index contributed by atoms with van der Waals surface area (Å²) in [6.45, 7) is 0. The molecule has 0 saturated heterocycles. The lowest BCUT2D eigenvalue weighted by molar-refractivity contribution is -0.384. The van der Waals surface area contributed by atoms with Gasteiger partial charge in [0.1, 0.15) is 5.69 Å². The highest BCUT2D eigenvalue weighted by Crippen LogP contribution is 2.21. The van der Waals surface area contributed by atoms with Crippen molar-refractivity contribution in [2.24, 2.45) is 0 Å². The summed E-state index contributed by atoms with van der Waals surface area (Å²) in [4.78, 5) is 31.1. The van der Waals surface area contributed by atoms with E-state index in [1.54, 1.807) is 6.07 Å².